The third-order valence-electron chi connectivity index (χ3n) is 2.75. The summed E-state index contributed by atoms with van der Waals surface area (Å²) in [5.41, 5.74) is 1.86. The van der Waals surface area contributed by atoms with Crippen LogP contribution in [0.25, 0.3) is 0 Å². The zero-order valence-electron chi connectivity index (χ0n) is 8.15. The van der Waals surface area contributed by atoms with Crippen molar-refractivity contribution in [1.82, 2.24) is 10.3 Å². The molecule has 0 atom stereocenters. The summed E-state index contributed by atoms with van der Waals surface area (Å²) in [5.74, 6) is 0. The Labute approximate surface area is 88.2 Å². The lowest BCUT2D eigenvalue weighted by Gasteiger charge is -2.25. The fourth-order valence-corrected chi connectivity index (χ4v) is 2.40. The fourth-order valence-electron chi connectivity index (χ4n) is 1.85. The van der Waals surface area contributed by atoms with Crippen molar-refractivity contribution in [3.8, 4) is 0 Å². The van der Waals surface area contributed by atoms with Crippen LogP contribution < -0.4 is 5.32 Å². The van der Waals surface area contributed by atoms with Crippen molar-refractivity contribution in [3.63, 3.8) is 0 Å². The van der Waals surface area contributed by atoms with Gasteiger partial charge in [-0.2, -0.15) is 0 Å². The lowest BCUT2D eigenvalue weighted by atomic mass is 9.93. The number of hydrogen-bond acceptors (Lipinski definition) is 4. The van der Waals surface area contributed by atoms with Crippen molar-refractivity contribution in [3.05, 3.63) is 16.6 Å². The van der Waals surface area contributed by atoms with Gasteiger partial charge in [-0.1, -0.05) is 0 Å². The van der Waals surface area contributed by atoms with E-state index in [-0.39, 0.29) is 6.10 Å². The summed E-state index contributed by atoms with van der Waals surface area (Å²) in [4.78, 5) is 5.32. The molecular formula is C10H16N2OS. The van der Waals surface area contributed by atoms with Crippen LogP contribution in [0.5, 0.6) is 0 Å². The van der Waals surface area contributed by atoms with E-state index in [0.717, 1.165) is 32.2 Å². The number of thiazole rings is 1. The van der Waals surface area contributed by atoms with Gasteiger partial charge in [0, 0.05) is 23.7 Å². The maximum atomic E-state index is 9.34. The van der Waals surface area contributed by atoms with Crippen LogP contribution in [0.4, 0.5) is 0 Å². The van der Waals surface area contributed by atoms with E-state index in [1.807, 2.05) is 11.7 Å². The molecule has 1 aromatic rings. The summed E-state index contributed by atoms with van der Waals surface area (Å²) in [5, 5.41) is 12.8. The topological polar surface area (TPSA) is 45.1 Å². The fraction of sp³-hybridized carbons (Fsp3) is 0.700. The lowest BCUT2D eigenvalue weighted by molar-refractivity contribution is 0.116. The van der Waals surface area contributed by atoms with Crippen molar-refractivity contribution in [2.24, 2.45) is 0 Å². The molecule has 0 aliphatic heterocycles. The van der Waals surface area contributed by atoms with Gasteiger partial charge in [0.1, 0.15) is 0 Å². The SMILES string of the molecule is OC1CCC(NCc2cncs2)CC1. The Morgan fingerprint density at radius 2 is 2.21 bits per heavy atom. The van der Waals surface area contributed by atoms with Crippen LogP contribution in [0.15, 0.2) is 11.7 Å². The highest BCUT2D eigenvalue weighted by molar-refractivity contribution is 7.09. The van der Waals surface area contributed by atoms with Crippen LogP contribution in [-0.2, 0) is 6.54 Å². The van der Waals surface area contributed by atoms with Crippen molar-refractivity contribution < 1.29 is 5.11 Å². The third kappa shape index (κ3) is 2.77. The molecule has 3 nitrogen and oxygen atoms in total. The molecule has 78 valence electrons. The monoisotopic (exact) mass is 212 g/mol. The van der Waals surface area contributed by atoms with Gasteiger partial charge in [-0.25, -0.2) is 0 Å². The maximum Gasteiger partial charge on any atom is 0.0794 e. The van der Waals surface area contributed by atoms with Gasteiger partial charge in [-0.05, 0) is 25.7 Å². The Morgan fingerprint density at radius 1 is 1.43 bits per heavy atom. The summed E-state index contributed by atoms with van der Waals surface area (Å²) >= 11 is 1.69. The van der Waals surface area contributed by atoms with Gasteiger partial charge in [0.15, 0.2) is 0 Å². The first-order valence-electron chi connectivity index (χ1n) is 5.13. The number of nitrogens with one attached hydrogen (secondary N) is 1. The van der Waals surface area contributed by atoms with Gasteiger partial charge in [-0.3, -0.25) is 4.98 Å². The molecule has 0 radical (unpaired) electrons. The minimum atomic E-state index is -0.0588. The summed E-state index contributed by atoms with van der Waals surface area (Å²) in [7, 11) is 0. The molecule has 0 aromatic carbocycles. The Hall–Kier alpha value is -0.450. The Kier molecular flexibility index (Phi) is 3.50. The molecular weight excluding hydrogens is 196 g/mol. The number of aliphatic hydroxyl groups excluding tert-OH is 1. The molecule has 1 saturated carbocycles. The van der Waals surface area contributed by atoms with Crippen LogP contribution in [0.2, 0.25) is 0 Å². The van der Waals surface area contributed by atoms with Crippen molar-refractivity contribution in [1.29, 1.82) is 0 Å². The summed E-state index contributed by atoms with van der Waals surface area (Å²) in [6.07, 6.45) is 5.94. The molecule has 0 amide bonds. The van der Waals surface area contributed by atoms with E-state index in [9.17, 15) is 5.11 Å². The van der Waals surface area contributed by atoms with Crippen LogP contribution in [0.3, 0.4) is 0 Å². The van der Waals surface area contributed by atoms with Gasteiger partial charge in [-0.15, -0.1) is 11.3 Å². The van der Waals surface area contributed by atoms with E-state index < -0.39 is 0 Å². The molecule has 14 heavy (non-hydrogen) atoms. The zero-order chi connectivity index (χ0) is 9.80. The molecule has 1 aliphatic carbocycles. The minimum absolute atomic E-state index is 0.0588. The third-order valence-corrected chi connectivity index (χ3v) is 3.52. The van der Waals surface area contributed by atoms with E-state index in [2.05, 4.69) is 10.3 Å². The average molecular weight is 212 g/mol. The highest BCUT2D eigenvalue weighted by Gasteiger charge is 2.18. The summed E-state index contributed by atoms with van der Waals surface area (Å²) in [6.45, 7) is 0.922. The van der Waals surface area contributed by atoms with Crippen LogP contribution in [0.1, 0.15) is 30.6 Å². The molecule has 0 saturated heterocycles. The first-order valence-corrected chi connectivity index (χ1v) is 6.01. The van der Waals surface area contributed by atoms with E-state index in [4.69, 9.17) is 0 Å². The van der Waals surface area contributed by atoms with Crippen molar-refractivity contribution >= 4 is 11.3 Å². The van der Waals surface area contributed by atoms with Gasteiger partial charge < -0.3 is 10.4 Å². The first kappa shape index (κ1) is 10.1. The first-order chi connectivity index (χ1) is 6.84. The van der Waals surface area contributed by atoms with Gasteiger partial charge >= 0.3 is 0 Å². The number of nitrogens with zero attached hydrogens (tertiary/aromatic N) is 1. The second-order valence-electron chi connectivity index (χ2n) is 3.85. The number of rotatable bonds is 3. The molecule has 4 heteroatoms. The van der Waals surface area contributed by atoms with E-state index in [0.29, 0.717) is 6.04 Å². The van der Waals surface area contributed by atoms with E-state index in [1.165, 1.54) is 4.88 Å². The molecule has 1 aliphatic rings. The Morgan fingerprint density at radius 3 is 2.86 bits per heavy atom. The highest BCUT2D eigenvalue weighted by atomic mass is 32.1. The minimum Gasteiger partial charge on any atom is -0.393 e. The zero-order valence-corrected chi connectivity index (χ0v) is 8.96. The van der Waals surface area contributed by atoms with Gasteiger partial charge in [0.25, 0.3) is 0 Å². The molecule has 1 aromatic heterocycles. The standard InChI is InChI=1S/C10H16N2OS/c13-9-3-1-8(2-4-9)12-6-10-5-11-7-14-10/h5,7-9,12-13H,1-4,6H2. The maximum absolute atomic E-state index is 9.34. The highest BCUT2D eigenvalue weighted by Crippen LogP contribution is 2.18. The van der Waals surface area contributed by atoms with Crippen LogP contribution >= 0.6 is 11.3 Å². The van der Waals surface area contributed by atoms with Crippen molar-refractivity contribution in [2.75, 3.05) is 0 Å². The van der Waals surface area contributed by atoms with E-state index in [1.54, 1.807) is 11.3 Å². The molecule has 1 heterocycles. The quantitative estimate of drug-likeness (QED) is 0.799. The molecule has 2 N–H and O–H groups in total. The second-order valence-corrected chi connectivity index (χ2v) is 4.82. The smallest absolute Gasteiger partial charge is 0.0794 e. The molecule has 0 bridgehead atoms. The van der Waals surface area contributed by atoms with Crippen molar-refractivity contribution in [2.45, 2.75) is 44.4 Å². The molecule has 2 rings (SSSR count). The number of aliphatic hydroxyl groups is 1. The predicted molar refractivity (Wildman–Crippen MR) is 57.2 cm³/mol. The predicted octanol–water partition coefficient (Wildman–Crippen LogP) is 1.54. The lowest BCUT2D eigenvalue weighted by Crippen LogP contribution is -2.33. The van der Waals surface area contributed by atoms with Crippen LogP contribution in [0, 0.1) is 0 Å². The van der Waals surface area contributed by atoms with Gasteiger partial charge in [0.05, 0.1) is 11.6 Å². The molecule has 0 unspecified atom stereocenters. The average Bonchev–Trinajstić information content (AvgIpc) is 2.70. The van der Waals surface area contributed by atoms with Gasteiger partial charge in [0.2, 0.25) is 0 Å². The van der Waals surface area contributed by atoms with Crippen LogP contribution in [-0.4, -0.2) is 22.2 Å². The summed E-state index contributed by atoms with van der Waals surface area (Å²) < 4.78 is 0. The number of aromatic nitrogens is 1. The second kappa shape index (κ2) is 4.87. The Bertz CT molecular complexity index is 255. The largest absolute Gasteiger partial charge is 0.393 e. The molecule has 1 fully saturated rings. The normalized spacial score (nSPS) is 27.8. The summed E-state index contributed by atoms with van der Waals surface area (Å²) in [6, 6.07) is 0.584. The van der Waals surface area contributed by atoms with E-state index >= 15 is 0 Å². The molecule has 0 spiro atoms. The number of hydrogen-bond donors (Lipinski definition) is 2. The Balaban J connectivity index is 1.71.